The number of benzene rings is 3. The van der Waals surface area contributed by atoms with Gasteiger partial charge >= 0.3 is 23.9 Å². The lowest BCUT2D eigenvalue weighted by Crippen LogP contribution is -2.61. The van der Waals surface area contributed by atoms with Crippen LogP contribution in [-0.2, 0) is 101 Å². The number of nitrogens with one attached hydrogen (secondary N) is 6. The summed E-state index contributed by atoms with van der Waals surface area (Å²) in [5.41, 5.74) is 12.9. The number of esters is 4. The van der Waals surface area contributed by atoms with E-state index in [2.05, 4.69) is 52.5 Å². The zero-order chi connectivity index (χ0) is 104. The Labute approximate surface area is 853 Å². The van der Waals surface area contributed by atoms with Gasteiger partial charge in [-0.2, -0.15) is 15.3 Å². The summed E-state index contributed by atoms with van der Waals surface area (Å²) < 4.78 is 24.9. The number of hydrogen-bond donors (Lipinski definition) is 6. The van der Waals surface area contributed by atoms with Crippen LogP contribution in [-0.4, -0.2) is 202 Å². The van der Waals surface area contributed by atoms with Crippen molar-refractivity contribution in [2.75, 3.05) is 26.2 Å². The third-order valence-electron chi connectivity index (χ3n) is 26.5. The lowest BCUT2D eigenvalue weighted by Gasteiger charge is -2.35. The van der Waals surface area contributed by atoms with E-state index in [0.29, 0.717) is 74.2 Å². The molecule has 5 aliphatic heterocycles. The van der Waals surface area contributed by atoms with Gasteiger partial charge in [-0.3, -0.25) is 91.4 Å². The zero-order valence-electron chi connectivity index (χ0n) is 84.2. The van der Waals surface area contributed by atoms with Crippen LogP contribution >= 0.6 is 34.8 Å². The number of alkyl halides is 3. The number of fused-ring (bicyclic) bond motifs is 9. The SMILES string of the molecule is CC(=O)O[C@H](C)c1ccc2ccc(/C=C/C(C)(C)C(=O)C[C@H](C(=O)NC(Cn3cccn3)C(=O)N3CCC[C@@H](C(=O)OCC(Cl)(Cl)Cl)N3)C(C)C)cc2n1.CC(C)[C@@H]1CC(=O)C(C)(C)/C=C/c2ccc3ccc(nc3c2)[C@@H](C)OC(=O)[C@@H]2CCCN(N2)C(=O)[C@@H](Cn2cccn2)NC1=O.CC(C)[C@@H]1CC(=O)C(C)(C)/C=C/c2ccc3ccc(nc3c2)[C@@H](C)OC(=O)[C@@H]2CCCN(N2)C(=O)[C@H](Cn2cccn2)NC1=O. The Morgan fingerprint density at radius 3 is 1.49 bits per heavy atom. The smallest absolute Gasteiger partial charge is 0.325 e. The number of aromatic nitrogens is 9. The summed E-state index contributed by atoms with van der Waals surface area (Å²) in [4.78, 5) is 189. The average molecular weight is 2040 g/mol. The third kappa shape index (κ3) is 30.0. The van der Waals surface area contributed by atoms with Crippen molar-refractivity contribution in [2.24, 2.45) is 51.8 Å². The first-order valence-corrected chi connectivity index (χ1v) is 50.1. The lowest BCUT2D eigenvalue weighted by molar-refractivity contribution is -0.158. The number of rotatable bonds is 21. The van der Waals surface area contributed by atoms with Crippen LogP contribution < -0.4 is 32.2 Å². The topological polar surface area (TPSA) is 433 Å². The largest absolute Gasteiger partial charge is 0.460 e. The molecule has 11 heterocycles. The number of ether oxygens (including phenoxy) is 4. The average Bonchev–Trinajstić information content (AvgIpc) is 1.13. The van der Waals surface area contributed by atoms with Crippen molar-refractivity contribution in [1.29, 1.82) is 0 Å². The van der Waals surface area contributed by atoms with Crippen LogP contribution in [0.5, 0.6) is 0 Å². The van der Waals surface area contributed by atoms with E-state index in [0.717, 1.165) is 43.9 Å². The van der Waals surface area contributed by atoms with Gasteiger partial charge in [0.1, 0.15) is 78.5 Å². The van der Waals surface area contributed by atoms with E-state index in [-0.39, 0.29) is 92.4 Å². The molecule has 10 bridgehead atoms. The van der Waals surface area contributed by atoms with Gasteiger partial charge in [-0.05, 0) is 190 Å². The summed E-state index contributed by atoms with van der Waals surface area (Å²) in [6, 6.07) is 28.5. The molecule has 35 nitrogen and oxygen atoms in total. The summed E-state index contributed by atoms with van der Waals surface area (Å²) in [7, 11) is 0. The van der Waals surface area contributed by atoms with Gasteiger partial charge in [0.15, 0.2) is 0 Å². The number of hydrogen-bond acceptors (Lipinski definition) is 26. The molecule has 0 saturated carbocycles. The van der Waals surface area contributed by atoms with Crippen LogP contribution in [0.3, 0.4) is 0 Å². The van der Waals surface area contributed by atoms with E-state index in [1.165, 1.54) is 26.6 Å². The molecule has 14 rings (SSSR count). The molecule has 0 radical (unpaired) electrons. The quantitative estimate of drug-likeness (QED) is 0.0221. The fourth-order valence-electron chi connectivity index (χ4n) is 17.2. The van der Waals surface area contributed by atoms with Crippen molar-refractivity contribution in [2.45, 2.75) is 247 Å². The van der Waals surface area contributed by atoms with Crippen LogP contribution in [0.1, 0.15) is 221 Å². The van der Waals surface area contributed by atoms with Crippen LogP contribution in [0.15, 0.2) is 165 Å². The maximum atomic E-state index is 13.9. The van der Waals surface area contributed by atoms with E-state index < -0.39 is 146 Å². The number of amides is 6. The van der Waals surface area contributed by atoms with Crippen molar-refractivity contribution < 1.29 is 81.3 Å². The van der Waals surface area contributed by atoms with E-state index in [9.17, 15) is 62.3 Å². The van der Waals surface area contributed by atoms with Gasteiger partial charge in [-0.25, -0.2) is 31.2 Å². The van der Waals surface area contributed by atoms with Crippen LogP contribution in [0, 0.1) is 51.8 Å². The molecule has 3 fully saturated rings. The predicted octanol–water partition coefficient (Wildman–Crippen LogP) is 13.9. The molecule has 9 aromatic rings. The fourth-order valence-corrected chi connectivity index (χ4v) is 17.4. The molecule has 6 aromatic heterocycles. The summed E-state index contributed by atoms with van der Waals surface area (Å²) >= 11 is 17.2. The molecule has 0 aliphatic carbocycles. The van der Waals surface area contributed by atoms with Gasteiger partial charge in [-0.1, -0.05) is 167 Å². The van der Waals surface area contributed by atoms with Crippen molar-refractivity contribution in [3.05, 3.63) is 198 Å². The van der Waals surface area contributed by atoms with Crippen molar-refractivity contribution in [3.8, 4) is 0 Å². The molecule has 0 spiro atoms. The number of halogens is 3. The number of carbonyl (C=O) groups excluding carboxylic acids is 13. The second kappa shape index (κ2) is 48.7. The minimum Gasteiger partial charge on any atom is -0.460 e. The highest BCUT2D eigenvalue weighted by molar-refractivity contribution is 6.67. The van der Waals surface area contributed by atoms with Crippen LogP contribution in [0.4, 0.5) is 0 Å². The Hall–Kier alpha value is -12.8. The Kier molecular flexibility index (Phi) is 37.2. The van der Waals surface area contributed by atoms with Gasteiger partial charge in [0.2, 0.25) is 21.5 Å². The second-order valence-corrected chi connectivity index (χ2v) is 42.6. The highest BCUT2D eigenvalue weighted by Gasteiger charge is 2.43. The molecule has 1 unspecified atom stereocenters. The zero-order valence-corrected chi connectivity index (χ0v) is 86.5. The van der Waals surface area contributed by atoms with Gasteiger partial charge in [0.05, 0.1) is 53.3 Å². The first-order chi connectivity index (χ1) is 68.1. The molecule has 5 aliphatic rings. The van der Waals surface area contributed by atoms with Crippen LogP contribution in [0.25, 0.3) is 50.9 Å². The van der Waals surface area contributed by atoms with E-state index in [1.54, 1.807) is 105 Å². The Bertz CT molecular complexity index is 5980. The van der Waals surface area contributed by atoms with E-state index in [1.807, 2.05) is 191 Å². The molecule has 3 saturated heterocycles. The number of nitrogens with zero attached hydrogens (tertiary/aromatic N) is 12. The second-order valence-electron chi connectivity index (χ2n) is 40.1. The normalized spacial score (nSPS) is 22.4. The van der Waals surface area contributed by atoms with Gasteiger partial charge < -0.3 is 34.9 Å². The summed E-state index contributed by atoms with van der Waals surface area (Å²) in [6.45, 7) is 29.6. The van der Waals surface area contributed by atoms with E-state index in [4.69, 9.17) is 63.7 Å². The molecular weight excluding hydrogens is 1900 g/mol. The van der Waals surface area contributed by atoms with Gasteiger partial charge in [-0.15, -0.1) is 0 Å². The third-order valence-corrected chi connectivity index (χ3v) is 26.8. The Morgan fingerprint density at radius 1 is 0.576 bits per heavy atom. The number of Topliss-reactive ketones (excluding diaryl/α,β-unsaturated/α-hetero) is 3. The molecule has 144 heavy (non-hydrogen) atoms. The first kappa shape index (κ1) is 110. The number of pyridine rings is 3. The summed E-state index contributed by atoms with van der Waals surface area (Å²) in [5, 5.41) is 28.2. The predicted molar refractivity (Wildman–Crippen MR) is 544 cm³/mol. The molecule has 768 valence electrons. The Balaban J connectivity index is 0.000000194. The molecule has 6 N–H and O–H groups in total. The highest BCUT2D eigenvalue weighted by Crippen LogP contribution is 2.36. The fraction of sp³-hybridized carbons (Fsp3) is 0.481. The molecule has 6 amide bonds. The van der Waals surface area contributed by atoms with Crippen molar-refractivity contribution >= 4 is 162 Å². The number of cyclic esters (lactones) is 2. The van der Waals surface area contributed by atoms with Gasteiger partial charge in [0, 0.05) is 133 Å². The number of hydrazine groups is 3. The maximum Gasteiger partial charge on any atom is 0.325 e. The highest BCUT2D eigenvalue weighted by atomic mass is 35.6. The number of ketones is 3. The Morgan fingerprint density at radius 2 is 1.03 bits per heavy atom. The van der Waals surface area contributed by atoms with Crippen LogP contribution in [0.2, 0.25) is 0 Å². The van der Waals surface area contributed by atoms with E-state index >= 15 is 0 Å². The number of carbonyl (C=O) groups is 13. The van der Waals surface area contributed by atoms with Gasteiger partial charge in [0.25, 0.3) is 17.7 Å². The number of allylic oxidation sites excluding steroid dienone is 3. The van der Waals surface area contributed by atoms with Crippen molar-refractivity contribution in [3.63, 3.8) is 0 Å². The first-order valence-electron chi connectivity index (χ1n) is 48.9. The standard InChI is InChI=1S/C38H47Cl3N6O7.2C34H42N6O5/c1-23(2)28(20-33(49)37(5,6)15-14-26-10-11-27-12-13-29(43-31(27)19-26)24(3)54-25(4)48)34(50)44-32(21-46-17-8-16-42-46)35(51)47-18-7-9-30(45-47)36(52)53-22-38(39,40)41;2*1-21(2)25-19-30(41)34(4,5)14-13-23-9-10-24-11-12-26(36-28(24)18-23)22(3)45-33(44)27-8-6-17-40(38-27)32(43)29(37-31(25)42)20-39-16-7-15-35-39/h8,10-17,19,23-24,28,30,32,45H,7,9,18,20-22H2,1-6H3,(H,44,50);2*7,9-16,18,21-22,25,27,29,38H,6,8,17,19-20H2,1-5H3,(H,37,42)/b15-14+;2*14-13+/t24-,28+,30+,32?;22-,25+,27+,29+;22-,25+,27+,29-/m111/s1. The molecule has 38 heteroatoms. The minimum atomic E-state index is -1.79. The maximum absolute atomic E-state index is 13.9. The lowest BCUT2D eigenvalue weighted by atomic mass is 9.79. The summed E-state index contributed by atoms with van der Waals surface area (Å²) in [5.74, 6) is -7.53. The molecule has 3 aromatic carbocycles. The van der Waals surface area contributed by atoms with Crippen molar-refractivity contribution in [1.82, 2.24) is 91.5 Å². The molecular formula is C106H131Cl3N18O17. The summed E-state index contributed by atoms with van der Waals surface area (Å²) in [6.07, 6.45) is 22.2. The minimum absolute atomic E-state index is 0.00982. The monoisotopic (exact) mass is 2030 g/mol. The molecule has 12 atom stereocenters.